The van der Waals surface area contributed by atoms with Crippen LogP contribution in [0.1, 0.15) is 28.8 Å². The standard InChI is InChI=1S/C24H31N3O2/c1-25-14-12-24(13-15-25,21-6-4-3-5-7-21)27-18-16-26(17-19-27)23(28)20-8-10-22(29-2)11-9-20/h3-11H,12-19H2,1-2H3. The highest BCUT2D eigenvalue weighted by Gasteiger charge is 2.42. The van der Waals surface area contributed by atoms with Gasteiger partial charge in [-0.1, -0.05) is 30.3 Å². The van der Waals surface area contributed by atoms with Crippen molar-refractivity contribution in [2.24, 2.45) is 0 Å². The number of carbonyl (C=O) groups is 1. The molecule has 2 aliphatic rings. The average Bonchev–Trinajstić information content (AvgIpc) is 2.80. The van der Waals surface area contributed by atoms with Crippen molar-refractivity contribution < 1.29 is 9.53 Å². The average molecular weight is 394 g/mol. The molecule has 2 aromatic rings. The SMILES string of the molecule is COc1ccc(C(=O)N2CCN(C3(c4ccccc4)CCN(C)CC3)CC2)cc1. The summed E-state index contributed by atoms with van der Waals surface area (Å²) in [6, 6.07) is 18.4. The van der Waals surface area contributed by atoms with Gasteiger partial charge in [0.05, 0.1) is 7.11 Å². The molecule has 0 spiro atoms. The lowest BCUT2D eigenvalue weighted by molar-refractivity contribution is -0.00752. The Bertz CT molecular complexity index is 806. The number of methoxy groups -OCH3 is 1. The van der Waals surface area contributed by atoms with Crippen LogP contribution in [0.2, 0.25) is 0 Å². The zero-order chi connectivity index (χ0) is 20.3. The molecule has 154 valence electrons. The molecule has 0 N–H and O–H groups in total. The normalized spacial score (nSPS) is 20.4. The largest absolute Gasteiger partial charge is 0.497 e. The monoisotopic (exact) mass is 393 g/mol. The zero-order valence-corrected chi connectivity index (χ0v) is 17.5. The second-order valence-corrected chi connectivity index (χ2v) is 8.21. The Morgan fingerprint density at radius 2 is 1.48 bits per heavy atom. The van der Waals surface area contributed by atoms with Crippen molar-refractivity contribution in [3.05, 3.63) is 65.7 Å². The molecule has 2 aromatic carbocycles. The molecule has 0 aliphatic carbocycles. The van der Waals surface area contributed by atoms with Gasteiger partial charge in [-0.05, 0) is 62.8 Å². The number of nitrogens with zero attached hydrogens (tertiary/aromatic N) is 3. The lowest BCUT2D eigenvalue weighted by atomic mass is 9.79. The first-order valence-electron chi connectivity index (χ1n) is 10.5. The van der Waals surface area contributed by atoms with Crippen LogP contribution < -0.4 is 4.74 Å². The summed E-state index contributed by atoms with van der Waals surface area (Å²) in [5.41, 5.74) is 2.24. The molecule has 5 heteroatoms. The van der Waals surface area contributed by atoms with Gasteiger partial charge in [0.2, 0.25) is 0 Å². The van der Waals surface area contributed by atoms with E-state index in [1.165, 1.54) is 5.56 Å². The van der Waals surface area contributed by atoms with E-state index in [0.29, 0.717) is 0 Å². The van der Waals surface area contributed by atoms with E-state index in [-0.39, 0.29) is 11.4 Å². The highest BCUT2D eigenvalue weighted by atomic mass is 16.5. The molecule has 5 nitrogen and oxygen atoms in total. The van der Waals surface area contributed by atoms with E-state index in [1.54, 1.807) is 7.11 Å². The van der Waals surface area contributed by atoms with Gasteiger partial charge < -0.3 is 14.5 Å². The quantitative estimate of drug-likeness (QED) is 0.800. The number of hydrogen-bond donors (Lipinski definition) is 0. The number of amides is 1. The Balaban J connectivity index is 1.47. The molecule has 4 rings (SSSR count). The molecular formula is C24H31N3O2. The summed E-state index contributed by atoms with van der Waals surface area (Å²) in [6.07, 6.45) is 2.28. The molecule has 0 unspecified atom stereocenters. The third-order valence-electron chi connectivity index (χ3n) is 6.63. The van der Waals surface area contributed by atoms with Crippen molar-refractivity contribution in [1.82, 2.24) is 14.7 Å². The molecule has 2 fully saturated rings. The van der Waals surface area contributed by atoms with E-state index in [1.807, 2.05) is 29.2 Å². The summed E-state index contributed by atoms with van der Waals surface area (Å²) in [7, 11) is 3.85. The van der Waals surface area contributed by atoms with Crippen LogP contribution in [0.25, 0.3) is 0 Å². The van der Waals surface area contributed by atoms with Crippen LogP contribution in [0.15, 0.2) is 54.6 Å². The first-order valence-corrected chi connectivity index (χ1v) is 10.5. The Morgan fingerprint density at radius 1 is 0.862 bits per heavy atom. The number of piperazine rings is 1. The van der Waals surface area contributed by atoms with Crippen LogP contribution >= 0.6 is 0 Å². The maximum atomic E-state index is 12.9. The molecule has 0 radical (unpaired) electrons. The van der Waals surface area contributed by atoms with Gasteiger partial charge in [0.1, 0.15) is 5.75 Å². The molecule has 0 bridgehead atoms. The first kappa shape index (κ1) is 19.9. The van der Waals surface area contributed by atoms with E-state index >= 15 is 0 Å². The van der Waals surface area contributed by atoms with Crippen LogP contribution in [0.5, 0.6) is 5.75 Å². The van der Waals surface area contributed by atoms with Crippen molar-refractivity contribution in [3.63, 3.8) is 0 Å². The van der Waals surface area contributed by atoms with Crippen LogP contribution in [0.4, 0.5) is 0 Å². The summed E-state index contributed by atoms with van der Waals surface area (Å²) >= 11 is 0. The highest BCUT2D eigenvalue weighted by molar-refractivity contribution is 5.94. The molecule has 2 aliphatic heterocycles. The van der Waals surface area contributed by atoms with Gasteiger partial charge in [0.15, 0.2) is 0 Å². The van der Waals surface area contributed by atoms with Crippen molar-refractivity contribution in [2.45, 2.75) is 18.4 Å². The number of piperidine rings is 1. The number of carbonyl (C=O) groups excluding carboxylic acids is 1. The lowest BCUT2D eigenvalue weighted by Gasteiger charge is -2.51. The van der Waals surface area contributed by atoms with E-state index in [2.05, 4.69) is 47.2 Å². The Morgan fingerprint density at radius 3 is 2.07 bits per heavy atom. The van der Waals surface area contributed by atoms with E-state index in [0.717, 1.165) is 63.4 Å². The summed E-state index contributed by atoms with van der Waals surface area (Å²) in [4.78, 5) is 20.0. The second-order valence-electron chi connectivity index (χ2n) is 8.21. The molecule has 2 heterocycles. The number of likely N-dealkylation sites (tertiary alicyclic amines) is 1. The predicted octanol–water partition coefficient (Wildman–Crippen LogP) is 3.07. The van der Waals surface area contributed by atoms with Crippen LogP contribution in [0.3, 0.4) is 0 Å². The summed E-state index contributed by atoms with van der Waals surface area (Å²) in [5.74, 6) is 0.892. The molecule has 0 atom stereocenters. The van der Waals surface area contributed by atoms with E-state index in [9.17, 15) is 4.79 Å². The van der Waals surface area contributed by atoms with Crippen LogP contribution in [-0.2, 0) is 5.54 Å². The van der Waals surface area contributed by atoms with Gasteiger partial charge in [-0.25, -0.2) is 0 Å². The van der Waals surface area contributed by atoms with Gasteiger partial charge in [0.25, 0.3) is 5.91 Å². The van der Waals surface area contributed by atoms with Crippen molar-refractivity contribution in [2.75, 3.05) is 53.4 Å². The number of ether oxygens (including phenoxy) is 1. The Hall–Kier alpha value is -2.37. The molecule has 2 saturated heterocycles. The molecule has 0 saturated carbocycles. The lowest BCUT2D eigenvalue weighted by Crippen LogP contribution is -2.59. The summed E-state index contributed by atoms with van der Waals surface area (Å²) in [5, 5.41) is 0. The fourth-order valence-electron chi connectivity index (χ4n) is 4.78. The van der Waals surface area contributed by atoms with E-state index < -0.39 is 0 Å². The molecule has 29 heavy (non-hydrogen) atoms. The smallest absolute Gasteiger partial charge is 0.253 e. The zero-order valence-electron chi connectivity index (χ0n) is 17.5. The van der Waals surface area contributed by atoms with Gasteiger partial charge in [0, 0.05) is 37.3 Å². The minimum atomic E-state index is 0.0863. The third kappa shape index (κ3) is 4.02. The predicted molar refractivity (Wildman–Crippen MR) is 115 cm³/mol. The van der Waals surface area contributed by atoms with Crippen molar-refractivity contribution in [1.29, 1.82) is 0 Å². The fourth-order valence-corrected chi connectivity index (χ4v) is 4.78. The minimum Gasteiger partial charge on any atom is -0.497 e. The topological polar surface area (TPSA) is 36.0 Å². The minimum absolute atomic E-state index is 0.0863. The maximum absolute atomic E-state index is 12.9. The van der Waals surface area contributed by atoms with Gasteiger partial charge in [-0.15, -0.1) is 0 Å². The number of benzene rings is 2. The molecule has 1 amide bonds. The number of rotatable bonds is 4. The Labute approximate surface area is 173 Å². The van der Waals surface area contributed by atoms with Gasteiger partial charge in [-0.2, -0.15) is 0 Å². The summed E-state index contributed by atoms with van der Waals surface area (Å²) in [6.45, 7) is 5.60. The van der Waals surface area contributed by atoms with Crippen molar-refractivity contribution in [3.8, 4) is 5.75 Å². The number of hydrogen-bond acceptors (Lipinski definition) is 4. The maximum Gasteiger partial charge on any atom is 0.253 e. The van der Waals surface area contributed by atoms with Crippen molar-refractivity contribution >= 4 is 5.91 Å². The van der Waals surface area contributed by atoms with E-state index in [4.69, 9.17) is 4.74 Å². The van der Waals surface area contributed by atoms with Crippen LogP contribution in [-0.4, -0.2) is 74.0 Å². The summed E-state index contributed by atoms with van der Waals surface area (Å²) < 4.78 is 5.20. The van der Waals surface area contributed by atoms with Gasteiger partial charge in [-0.3, -0.25) is 9.69 Å². The molecular weight excluding hydrogens is 362 g/mol. The Kier molecular flexibility index (Phi) is 5.88. The molecule has 0 aromatic heterocycles. The third-order valence-corrected chi connectivity index (χ3v) is 6.63. The van der Waals surface area contributed by atoms with Gasteiger partial charge >= 0.3 is 0 Å². The first-order chi connectivity index (χ1) is 14.1. The fraction of sp³-hybridized carbons (Fsp3) is 0.458. The van der Waals surface area contributed by atoms with Crippen LogP contribution in [0, 0.1) is 0 Å². The highest BCUT2D eigenvalue weighted by Crippen LogP contribution is 2.39. The second kappa shape index (κ2) is 8.56.